The van der Waals surface area contributed by atoms with E-state index in [-0.39, 0.29) is 0 Å². The molecule has 0 aromatic heterocycles. The van der Waals surface area contributed by atoms with Crippen LogP contribution < -0.4 is 0 Å². The van der Waals surface area contributed by atoms with Crippen LogP contribution in [0.4, 0.5) is 8.78 Å². The molecule has 0 bridgehead atoms. The van der Waals surface area contributed by atoms with Gasteiger partial charge in [0, 0.05) is 0 Å². The second-order valence-electron chi connectivity index (χ2n) is 4.23. The number of aliphatic hydroxyl groups is 1. The minimum Gasteiger partial charge on any atom is -0.458 e. The fourth-order valence-electron chi connectivity index (χ4n) is 1.66. The second kappa shape index (κ2) is 5.45. The van der Waals surface area contributed by atoms with Gasteiger partial charge >= 0.3 is 21.3 Å². The van der Waals surface area contributed by atoms with E-state index in [1.165, 1.54) is 0 Å². The van der Waals surface area contributed by atoms with Gasteiger partial charge in [0.05, 0.1) is 12.0 Å². The van der Waals surface area contributed by atoms with E-state index in [0.717, 1.165) is 0 Å². The summed E-state index contributed by atoms with van der Waals surface area (Å²) < 4.78 is 58.5. The van der Waals surface area contributed by atoms with E-state index in [4.69, 9.17) is 4.55 Å². The zero-order valence-corrected chi connectivity index (χ0v) is 10.2. The average Bonchev–Trinajstić information content (AvgIpc) is 2.25. The summed E-state index contributed by atoms with van der Waals surface area (Å²) in [6.45, 7) is -1.70. The third kappa shape index (κ3) is 3.85. The lowest BCUT2D eigenvalue weighted by Crippen LogP contribution is -2.36. The molecule has 0 amide bonds. The third-order valence-electron chi connectivity index (χ3n) is 2.79. The summed E-state index contributed by atoms with van der Waals surface area (Å²) in [4.78, 5) is 11.4. The van der Waals surface area contributed by atoms with Gasteiger partial charge in [-0.2, -0.15) is 17.2 Å². The van der Waals surface area contributed by atoms with Crippen LogP contribution in [0.15, 0.2) is 0 Å². The fourth-order valence-corrected chi connectivity index (χ4v) is 1.87. The van der Waals surface area contributed by atoms with E-state index in [0.29, 0.717) is 25.7 Å². The highest BCUT2D eigenvalue weighted by molar-refractivity contribution is 7.86. The van der Waals surface area contributed by atoms with Gasteiger partial charge < -0.3 is 9.84 Å². The van der Waals surface area contributed by atoms with Gasteiger partial charge in [-0.3, -0.25) is 9.35 Å². The van der Waals surface area contributed by atoms with Crippen LogP contribution in [0.2, 0.25) is 0 Å². The molecular formula is C9H14F2O6S. The van der Waals surface area contributed by atoms with Gasteiger partial charge in [0.2, 0.25) is 0 Å². The largest absolute Gasteiger partial charge is 0.458 e. The summed E-state index contributed by atoms with van der Waals surface area (Å²) in [5.41, 5.74) is 0. The predicted molar refractivity (Wildman–Crippen MR) is 55.4 cm³/mol. The van der Waals surface area contributed by atoms with Crippen molar-refractivity contribution in [3.8, 4) is 0 Å². The third-order valence-corrected chi connectivity index (χ3v) is 3.66. The Morgan fingerprint density at radius 1 is 1.28 bits per heavy atom. The average molecular weight is 288 g/mol. The molecule has 1 saturated carbocycles. The molecule has 0 heterocycles. The number of alkyl halides is 2. The van der Waals surface area contributed by atoms with E-state index in [1.807, 2.05) is 0 Å². The Kier molecular flexibility index (Phi) is 4.62. The molecule has 1 fully saturated rings. The number of ether oxygens (including phenoxy) is 1. The van der Waals surface area contributed by atoms with Gasteiger partial charge in [-0.15, -0.1) is 0 Å². The first-order chi connectivity index (χ1) is 8.13. The lowest BCUT2D eigenvalue weighted by molar-refractivity contribution is -0.156. The second-order valence-corrected chi connectivity index (χ2v) is 5.77. The van der Waals surface area contributed by atoms with Crippen molar-refractivity contribution >= 4 is 16.1 Å². The Morgan fingerprint density at radius 2 is 1.78 bits per heavy atom. The van der Waals surface area contributed by atoms with E-state index < -0.39 is 40.0 Å². The molecule has 9 heteroatoms. The summed E-state index contributed by atoms with van der Waals surface area (Å²) in [5, 5.41) is 4.69. The van der Waals surface area contributed by atoms with Crippen LogP contribution in [0.25, 0.3) is 0 Å². The van der Waals surface area contributed by atoms with Crippen molar-refractivity contribution < 1.29 is 36.4 Å². The van der Waals surface area contributed by atoms with Gasteiger partial charge in [-0.05, 0) is 25.7 Å². The first-order valence-electron chi connectivity index (χ1n) is 5.33. The van der Waals surface area contributed by atoms with Crippen molar-refractivity contribution in [2.75, 3.05) is 6.61 Å². The van der Waals surface area contributed by atoms with Crippen LogP contribution >= 0.6 is 0 Å². The molecule has 1 rings (SSSR count). The number of carbonyl (C=O) groups excluding carboxylic acids is 1. The normalized spacial score (nSPS) is 25.8. The van der Waals surface area contributed by atoms with Crippen LogP contribution in [0, 0.1) is 5.92 Å². The van der Waals surface area contributed by atoms with Crippen LogP contribution in [0.3, 0.4) is 0 Å². The van der Waals surface area contributed by atoms with Crippen molar-refractivity contribution in [1.82, 2.24) is 0 Å². The standard InChI is InChI=1S/C9H14F2O6S/c10-9(11,18(14,15)16)5-17-8(13)6-1-3-7(12)4-2-6/h6-7,12H,1-5H2,(H,14,15,16). The molecule has 6 nitrogen and oxygen atoms in total. The van der Waals surface area contributed by atoms with Gasteiger partial charge in [0.1, 0.15) is 0 Å². The summed E-state index contributed by atoms with van der Waals surface area (Å²) in [7, 11) is -5.59. The number of hydrogen-bond acceptors (Lipinski definition) is 5. The number of halogens is 2. The van der Waals surface area contributed by atoms with Crippen molar-refractivity contribution in [3.63, 3.8) is 0 Å². The molecule has 1 aliphatic rings. The van der Waals surface area contributed by atoms with Crippen LogP contribution in [-0.2, 0) is 19.6 Å². The molecule has 0 aromatic rings. The highest BCUT2D eigenvalue weighted by atomic mass is 32.2. The van der Waals surface area contributed by atoms with Crippen LogP contribution in [0.1, 0.15) is 25.7 Å². The zero-order valence-electron chi connectivity index (χ0n) is 9.38. The maximum Gasteiger partial charge on any atom is 0.402 e. The lowest BCUT2D eigenvalue weighted by Gasteiger charge is -2.24. The topological polar surface area (TPSA) is 101 Å². The van der Waals surface area contributed by atoms with E-state index >= 15 is 0 Å². The maximum absolute atomic E-state index is 12.8. The fraction of sp³-hybridized carbons (Fsp3) is 0.889. The van der Waals surface area contributed by atoms with E-state index in [2.05, 4.69) is 4.74 Å². The van der Waals surface area contributed by atoms with Crippen LogP contribution in [-0.4, -0.2) is 42.0 Å². The molecule has 0 aliphatic heterocycles. The molecule has 0 unspecified atom stereocenters. The van der Waals surface area contributed by atoms with Crippen molar-refractivity contribution in [1.29, 1.82) is 0 Å². The number of carbonyl (C=O) groups is 1. The summed E-state index contributed by atoms with van der Waals surface area (Å²) in [5.74, 6) is -1.56. The molecule has 0 atom stereocenters. The Bertz CT molecular complexity index is 399. The van der Waals surface area contributed by atoms with E-state index in [9.17, 15) is 27.1 Å². The Hall–Kier alpha value is -0.800. The van der Waals surface area contributed by atoms with E-state index in [1.54, 1.807) is 0 Å². The number of rotatable bonds is 4. The van der Waals surface area contributed by atoms with Gasteiger partial charge in [0.25, 0.3) is 0 Å². The summed E-state index contributed by atoms with van der Waals surface area (Å²) in [6, 6.07) is 0. The number of esters is 1. The smallest absolute Gasteiger partial charge is 0.402 e. The quantitative estimate of drug-likeness (QED) is 0.579. The van der Waals surface area contributed by atoms with Crippen molar-refractivity contribution in [2.24, 2.45) is 5.92 Å². The Morgan fingerprint density at radius 3 is 2.22 bits per heavy atom. The van der Waals surface area contributed by atoms with Gasteiger partial charge in [-0.25, -0.2) is 0 Å². The molecule has 0 spiro atoms. The lowest BCUT2D eigenvalue weighted by atomic mass is 9.88. The maximum atomic E-state index is 12.8. The number of hydrogen-bond donors (Lipinski definition) is 2. The predicted octanol–water partition coefficient (Wildman–Crippen LogP) is 0.561. The molecule has 106 valence electrons. The minimum atomic E-state index is -5.59. The highest BCUT2D eigenvalue weighted by Crippen LogP contribution is 2.27. The SMILES string of the molecule is O=C(OCC(F)(F)S(=O)(=O)O)C1CCC(O)CC1. The first-order valence-corrected chi connectivity index (χ1v) is 6.77. The highest BCUT2D eigenvalue weighted by Gasteiger charge is 2.46. The summed E-state index contributed by atoms with van der Waals surface area (Å²) >= 11 is 0. The molecule has 1 aliphatic carbocycles. The number of aliphatic hydroxyl groups excluding tert-OH is 1. The zero-order chi connectivity index (χ0) is 14.0. The Balaban J connectivity index is 2.47. The minimum absolute atomic E-state index is 0.303. The summed E-state index contributed by atoms with van der Waals surface area (Å²) in [6.07, 6.45) is 0.839. The molecule has 0 aromatic carbocycles. The van der Waals surface area contributed by atoms with Gasteiger partial charge in [-0.1, -0.05) is 0 Å². The molecule has 18 heavy (non-hydrogen) atoms. The molecular weight excluding hydrogens is 274 g/mol. The van der Waals surface area contributed by atoms with Crippen molar-refractivity contribution in [3.05, 3.63) is 0 Å². The van der Waals surface area contributed by atoms with Crippen molar-refractivity contribution in [2.45, 2.75) is 37.0 Å². The molecule has 0 saturated heterocycles. The molecule has 0 radical (unpaired) electrons. The van der Waals surface area contributed by atoms with Crippen LogP contribution in [0.5, 0.6) is 0 Å². The first kappa shape index (κ1) is 15.3. The monoisotopic (exact) mass is 288 g/mol. The molecule has 2 N–H and O–H groups in total. The van der Waals surface area contributed by atoms with Gasteiger partial charge in [0.15, 0.2) is 6.61 Å². The Labute approximate surface area is 103 Å².